The highest BCUT2D eigenvalue weighted by Gasteiger charge is 2.13. The minimum absolute atomic E-state index is 0.843. The zero-order valence-electron chi connectivity index (χ0n) is 11.4. The molecule has 2 rings (SSSR count). The van der Waals surface area contributed by atoms with Gasteiger partial charge in [-0.25, -0.2) is 0 Å². The minimum Gasteiger partial charge on any atom is -0.378 e. The number of allylic oxidation sites excluding steroid dienone is 2. The Hall–Kier alpha value is -0.930. The number of nitrogens with zero attached hydrogens (tertiary/aromatic N) is 1. The number of hydrogen-bond donors (Lipinski definition) is 0. The third-order valence-corrected chi connectivity index (χ3v) is 4.29. The average molecular weight is 263 g/mol. The molecular weight excluding hydrogens is 242 g/mol. The smallest absolute Gasteiger partial charge is 0.0642 e. The van der Waals surface area contributed by atoms with Crippen molar-refractivity contribution in [3.63, 3.8) is 0 Å². The first kappa shape index (κ1) is 13.5. The molecule has 98 valence electrons. The van der Waals surface area contributed by atoms with E-state index in [0.717, 1.165) is 26.3 Å². The van der Waals surface area contributed by atoms with E-state index >= 15 is 0 Å². The van der Waals surface area contributed by atoms with Crippen molar-refractivity contribution in [1.29, 1.82) is 0 Å². The van der Waals surface area contributed by atoms with Crippen LogP contribution in [0.1, 0.15) is 19.4 Å². The topological polar surface area (TPSA) is 12.5 Å². The Morgan fingerprint density at radius 2 is 1.72 bits per heavy atom. The quantitative estimate of drug-likeness (QED) is 0.775. The van der Waals surface area contributed by atoms with E-state index < -0.39 is 0 Å². The summed E-state index contributed by atoms with van der Waals surface area (Å²) in [5, 5.41) is 0. The lowest BCUT2D eigenvalue weighted by molar-refractivity contribution is 0.0540. The van der Waals surface area contributed by atoms with Gasteiger partial charge in [0.2, 0.25) is 0 Å². The molecular formula is C15H21NOS. The largest absolute Gasteiger partial charge is 0.378 e. The van der Waals surface area contributed by atoms with Gasteiger partial charge in [-0.15, -0.1) is 11.8 Å². The summed E-state index contributed by atoms with van der Waals surface area (Å²) in [4.78, 5) is 3.73. The predicted octanol–water partition coefficient (Wildman–Crippen LogP) is 3.49. The number of rotatable bonds is 3. The average Bonchev–Trinajstić information content (AvgIpc) is 2.47. The fraction of sp³-hybridized carbons (Fsp3) is 0.467. The molecule has 1 heterocycles. The molecule has 1 aromatic carbocycles. The van der Waals surface area contributed by atoms with E-state index in [1.807, 2.05) is 0 Å². The summed E-state index contributed by atoms with van der Waals surface area (Å²) in [6, 6.07) is 8.81. The molecule has 0 spiro atoms. The molecule has 1 fully saturated rings. The van der Waals surface area contributed by atoms with Crippen LogP contribution in [0.15, 0.2) is 34.9 Å². The van der Waals surface area contributed by atoms with Crippen LogP contribution in [0.4, 0.5) is 0 Å². The predicted molar refractivity (Wildman–Crippen MR) is 78.9 cm³/mol. The van der Waals surface area contributed by atoms with Gasteiger partial charge in [0.1, 0.15) is 0 Å². The van der Waals surface area contributed by atoms with Crippen molar-refractivity contribution >= 4 is 17.3 Å². The number of benzene rings is 1. The van der Waals surface area contributed by atoms with Crippen LogP contribution in [0.25, 0.3) is 5.57 Å². The lowest BCUT2D eigenvalue weighted by Gasteiger charge is -2.30. The maximum absolute atomic E-state index is 5.40. The van der Waals surface area contributed by atoms with E-state index in [9.17, 15) is 0 Å². The number of hydrogen-bond acceptors (Lipinski definition) is 3. The van der Waals surface area contributed by atoms with Crippen LogP contribution in [0.3, 0.4) is 0 Å². The number of thioether (sulfide) groups is 1. The van der Waals surface area contributed by atoms with Gasteiger partial charge in [0, 0.05) is 23.7 Å². The summed E-state index contributed by atoms with van der Waals surface area (Å²) < 4.78 is 5.40. The molecule has 1 aromatic rings. The first-order valence-corrected chi connectivity index (χ1v) is 7.59. The Balaban J connectivity index is 2.18. The maximum atomic E-state index is 5.40. The minimum atomic E-state index is 0.843. The van der Waals surface area contributed by atoms with Crippen molar-refractivity contribution in [1.82, 2.24) is 4.90 Å². The molecule has 1 aliphatic rings. The Bertz CT molecular complexity index is 419. The molecule has 0 radical (unpaired) electrons. The monoisotopic (exact) mass is 263 g/mol. The second kappa shape index (κ2) is 6.30. The molecule has 0 bridgehead atoms. The molecule has 0 saturated carbocycles. The lowest BCUT2D eigenvalue weighted by Crippen LogP contribution is -2.35. The van der Waals surface area contributed by atoms with Crippen LogP contribution in [-0.4, -0.2) is 37.5 Å². The van der Waals surface area contributed by atoms with Crippen molar-refractivity contribution in [2.75, 3.05) is 32.6 Å². The van der Waals surface area contributed by atoms with Gasteiger partial charge >= 0.3 is 0 Å². The maximum Gasteiger partial charge on any atom is 0.0642 e. The van der Waals surface area contributed by atoms with Crippen LogP contribution in [0.2, 0.25) is 0 Å². The van der Waals surface area contributed by atoms with E-state index in [0.29, 0.717) is 0 Å². The van der Waals surface area contributed by atoms with E-state index in [1.165, 1.54) is 21.7 Å². The van der Waals surface area contributed by atoms with Gasteiger partial charge in [0.05, 0.1) is 13.2 Å². The molecule has 0 N–H and O–H groups in total. The zero-order chi connectivity index (χ0) is 13.0. The van der Waals surface area contributed by atoms with E-state index in [1.54, 1.807) is 11.8 Å². The van der Waals surface area contributed by atoms with Crippen molar-refractivity contribution in [3.05, 3.63) is 35.5 Å². The van der Waals surface area contributed by atoms with Crippen LogP contribution in [0, 0.1) is 0 Å². The highest BCUT2D eigenvalue weighted by atomic mass is 32.2. The number of ether oxygens (including phenoxy) is 1. The van der Waals surface area contributed by atoms with Crippen molar-refractivity contribution < 1.29 is 4.74 Å². The van der Waals surface area contributed by atoms with Gasteiger partial charge in [-0.3, -0.25) is 0 Å². The van der Waals surface area contributed by atoms with Crippen LogP contribution < -0.4 is 0 Å². The molecule has 0 aromatic heterocycles. The first-order chi connectivity index (χ1) is 8.72. The van der Waals surface area contributed by atoms with Crippen LogP contribution in [-0.2, 0) is 4.74 Å². The van der Waals surface area contributed by atoms with Crippen LogP contribution >= 0.6 is 11.8 Å². The molecule has 0 unspecified atom stereocenters. The zero-order valence-corrected chi connectivity index (χ0v) is 12.2. The summed E-state index contributed by atoms with van der Waals surface area (Å²) in [6.45, 7) is 8.12. The number of morpholine rings is 1. The molecule has 1 saturated heterocycles. The summed E-state index contributed by atoms with van der Waals surface area (Å²) in [7, 11) is 0. The van der Waals surface area contributed by atoms with Crippen molar-refractivity contribution in [2.24, 2.45) is 0 Å². The highest BCUT2D eigenvalue weighted by Crippen LogP contribution is 2.23. The highest BCUT2D eigenvalue weighted by molar-refractivity contribution is 7.98. The van der Waals surface area contributed by atoms with Gasteiger partial charge in [-0.1, -0.05) is 12.1 Å². The molecule has 2 nitrogen and oxygen atoms in total. The van der Waals surface area contributed by atoms with Crippen LogP contribution in [0.5, 0.6) is 0 Å². The molecule has 18 heavy (non-hydrogen) atoms. The summed E-state index contributed by atoms with van der Waals surface area (Å²) in [5.74, 6) is 0. The van der Waals surface area contributed by atoms with Gasteiger partial charge in [-0.2, -0.15) is 0 Å². The third kappa shape index (κ3) is 3.09. The van der Waals surface area contributed by atoms with Crippen molar-refractivity contribution in [2.45, 2.75) is 18.7 Å². The summed E-state index contributed by atoms with van der Waals surface area (Å²) in [6.07, 6.45) is 2.11. The third-order valence-electron chi connectivity index (χ3n) is 3.55. The normalized spacial score (nSPS) is 17.6. The van der Waals surface area contributed by atoms with Crippen molar-refractivity contribution in [3.8, 4) is 0 Å². The Kier molecular flexibility index (Phi) is 4.72. The Morgan fingerprint density at radius 3 is 2.28 bits per heavy atom. The Labute approximate surface area is 114 Å². The fourth-order valence-electron chi connectivity index (χ4n) is 2.19. The molecule has 3 heteroatoms. The second-order valence-electron chi connectivity index (χ2n) is 4.54. The summed E-state index contributed by atoms with van der Waals surface area (Å²) in [5.41, 5.74) is 4.05. The van der Waals surface area contributed by atoms with E-state index in [4.69, 9.17) is 4.74 Å². The standard InChI is InChI=1S/C15H21NOS/c1-12(13(2)16-8-10-17-11-9-16)14-4-6-15(18-3)7-5-14/h4-7H,8-11H2,1-3H3. The molecule has 1 aliphatic heterocycles. The first-order valence-electron chi connectivity index (χ1n) is 6.37. The molecule has 0 amide bonds. The SMILES string of the molecule is CSc1ccc(C(C)=C(C)N2CCOCC2)cc1. The van der Waals surface area contributed by atoms with E-state index in [-0.39, 0.29) is 0 Å². The van der Waals surface area contributed by atoms with Gasteiger partial charge in [-0.05, 0) is 43.4 Å². The van der Waals surface area contributed by atoms with Gasteiger partial charge < -0.3 is 9.64 Å². The van der Waals surface area contributed by atoms with E-state index in [2.05, 4.69) is 49.3 Å². The molecule has 0 atom stereocenters. The molecule has 0 aliphatic carbocycles. The summed E-state index contributed by atoms with van der Waals surface area (Å²) >= 11 is 1.78. The van der Waals surface area contributed by atoms with Gasteiger partial charge in [0.15, 0.2) is 0 Å². The lowest BCUT2D eigenvalue weighted by atomic mass is 10.1. The second-order valence-corrected chi connectivity index (χ2v) is 5.42. The fourth-order valence-corrected chi connectivity index (χ4v) is 2.59. The Morgan fingerprint density at radius 1 is 1.11 bits per heavy atom. The van der Waals surface area contributed by atoms with Gasteiger partial charge in [0.25, 0.3) is 0 Å².